The second kappa shape index (κ2) is 4.01. The number of hydrogen-bond acceptors (Lipinski definition) is 3. The number of nitrogens with two attached hydrogens (primary N) is 1. The zero-order chi connectivity index (χ0) is 10.0. The molecule has 1 aromatic rings. The highest BCUT2D eigenvalue weighted by molar-refractivity contribution is 7.98. The van der Waals surface area contributed by atoms with Crippen LogP contribution in [0.5, 0.6) is 0 Å². The van der Waals surface area contributed by atoms with E-state index < -0.39 is 0 Å². The topological polar surface area (TPSA) is 38.9 Å². The van der Waals surface area contributed by atoms with Gasteiger partial charge in [-0.15, -0.1) is 11.8 Å². The number of thioether (sulfide) groups is 1. The first-order valence-corrected chi connectivity index (χ1v) is 5.59. The van der Waals surface area contributed by atoms with Crippen LogP contribution in [0.4, 0.5) is 5.82 Å². The fourth-order valence-corrected chi connectivity index (χ4v) is 2.24. The van der Waals surface area contributed by atoms with Gasteiger partial charge < -0.3 is 5.73 Å². The lowest BCUT2D eigenvalue weighted by molar-refractivity contribution is 0.793. The summed E-state index contributed by atoms with van der Waals surface area (Å²) in [7, 11) is 0. The number of nitrogens with zero attached hydrogens (tertiary/aromatic N) is 1. The van der Waals surface area contributed by atoms with Crippen LogP contribution < -0.4 is 5.73 Å². The van der Waals surface area contributed by atoms with Gasteiger partial charge in [0.05, 0.1) is 5.69 Å². The minimum Gasteiger partial charge on any atom is -0.384 e. The van der Waals surface area contributed by atoms with Gasteiger partial charge in [0.15, 0.2) is 0 Å². The van der Waals surface area contributed by atoms with E-state index in [1.54, 1.807) is 11.8 Å². The second-order valence-electron chi connectivity index (χ2n) is 3.44. The molecule has 72 valence electrons. The van der Waals surface area contributed by atoms with Crippen molar-refractivity contribution < 1.29 is 0 Å². The maximum absolute atomic E-state index is 5.70. The summed E-state index contributed by atoms with van der Waals surface area (Å²) in [6.07, 6.45) is 2.08. The molecule has 0 aromatic carbocycles. The zero-order valence-corrected chi connectivity index (χ0v) is 9.40. The van der Waals surface area contributed by atoms with Crippen molar-refractivity contribution in [2.24, 2.45) is 0 Å². The van der Waals surface area contributed by atoms with Crippen molar-refractivity contribution in [2.75, 3.05) is 12.0 Å². The molecule has 0 saturated heterocycles. The lowest BCUT2D eigenvalue weighted by atomic mass is 10.1. The summed E-state index contributed by atoms with van der Waals surface area (Å²) >= 11 is 1.74. The minimum absolute atomic E-state index is 0.435. The van der Waals surface area contributed by atoms with Crippen LogP contribution in [0, 0.1) is 6.92 Å². The standard InChI is InChI=1S/C10H16N2S/c1-6(2)9-10(13-4)7(3)5-8(11)12-9/h5-6H,1-4H3,(H2,11,12). The summed E-state index contributed by atoms with van der Waals surface area (Å²) in [6, 6.07) is 1.93. The molecule has 1 rings (SSSR count). The highest BCUT2D eigenvalue weighted by atomic mass is 32.2. The Kier molecular flexibility index (Phi) is 3.20. The van der Waals surface area contributed by atoms with Crippen molar-refractivity contribution in [1.82, 2.24) is 4.98 Å². The lowest BCUT2D eigenvalue weighted by Gasteiger charge is -2.13. The van der Waals surface area contributed by atoms with E-state index in [2.05, 4.69) is 32.0 Å². The maximum atomic E-state index is 5.70. The fraction of sp³-hybridized carbons (Fsp3) is 0.500. The average Bonchev–Trinajstić information content (AvgIpc) is 2.02. The predicted octanol–water partition coefficient (Wildman–Crippen LogP) is 2.82. The second-order valence-corrected chi connectivity index (χ2v) is 4.25. The van der Waals surface area contributed by atoms with Gasteiger partial charge in [0.2, 0.25) is 0 Å². The molecule has 0 bridgehead atoms. The Morgan fingerprint density at radius 3 is 2.54 bits per heavy atom. The van der Waals surface area contributed by atoms with Crippen LogP contribution in [0.25, 0.3) is 0 Å². The number of pyridine rings is 1. The molecule has 0 aliphatic carbocycles. The summed E-state index contributed by atoms with van der Waals surface area (Å²) in [5.74, 6) is 1.06. The van der Waals surface area contributed by atoms with Gasteiger partial charge in [0.25, 0.3) is 0 Å². The predicted molar refractivity (Wildman–Crippen MR) is 59.3 cm³/mol. The molecule has 1 heterocycles. The van der Waals surface area contributed by atoms with Gasteiger partial charge in [-0.2, -0.15) is 0 Å². The summed E-state index contributed by atoms with van der Waals surface area (Å²) < 4.78 is 0. The van der Waals surface area contributed by atoms with Crippen molar-refractivity contribution in [2.45, 2.75) is 31.6 Å². The summed E-state index contributed by atoms with van der Waals surface area (Å²) in [4.78, 5) is 5.63. The number of aryl methyl sites for hydroxylation is 1. The number of nitrogen functional groups attached to an aromatic ring is 1. The van der Waals surface area contributed by atoms with Crippen LogP contribution in [0.1, 0.15) is 31.0 Å². The molecule has 1 aromatic heterocycles. The Morgan fingerprint density at radius 1 is 1.46 bits per heavy atom. The SMILES string of the molecule is CSc1c(C)cc(N)nc1C(C)C. The molecule has 3 heteroatoms. The molecule has 0 aliphatic rings. The van der Waals surface area contributed by atoms with Crippen molar-refractivity contribution in [1.29, 1.82) is 0 Å². The summed E-state index contributed by atoms with van der Waals surface area (Å²) in [5.41, 5.74) is 8.04. The third kappa shape index (κ3) is 2.15. The van der Waals surface area contributed by atoms with Crippen molar-refractivity contribution >= 4 is 17.6 Å². The van der Waals surface area contributed by atoms with Gasteiger partial charge in [-0.3, -0.25) is 0 Å². The molecule has 0 fully saturated rings. The monoisotopic (exact) mass is 196 g/mol. The molecule has 2 N–H and O–H groups in total. The van der Waals surface area contributed by atoms with Crippen molar-refractivity contribution in [3.63, 3.8) is 0 Å². The highest BCUT2D eigenvalue weighted by Crippen LogP contribution is 2.29. The van der Waals surface area contributed by atoms with Gasteiger partial charge in [-0.1, -0.05) is 13.8 Å². The lowest BCUT2D eigenvalue weighted by Crippen LogP contribution is -2.01. The Bertz CT molecular complexity index is 308. The van der Waals surface area contributed by atoms with Gasteiger partial charge >= 0.3 is 0 Å². The van der Waals surface area contributed by atoms with Crippen LogP contribution >= 0.6 is 11.8 Å². The normalized spacial score (nSPS) is 10.8. The van der Waals surface area contributed by atoms with Gasteiger partial charge in [0, 0.05) is 4.90 Å². The molecular weight excluding hydrogens is 180 g/mol. The Morgan fingerprint density at radius 2 is 2.08 bits per heavy atom. The quantitative estimate of drug-likeness (QED) is 0.739. The van der Waals surface area contributed by atoms with E-state index in [0.29, 0.717) is 11.7 Å². The molecule has 0 radical (unpaired) electrons. The minimum atomic E-state index is 0.435. The largest absolute Gasteiger partial charge is 0.384 e. The molecule has 0 unspecified atom stereocenters. The van der Waals surface area contributed by atoms with Crippen LogP contribution in [0.3, 0.4) is 0 Å². The smallest absolute Gasteiger partial charge is 0.123 e. The van der Waals surface area contributed by atoms with Crippen LogP contribution in [0.15, 0.2) is 11.0 Å². The molecule has 0 amide bonds. The maximum Gasteiger partial charge on any atom is 0.123 e. The van der Waals surface area contributed by atoms with Gasteiger partial charge in [-0.25, -0.2) is 4.98 Å². The molecule has 0 atom stereocenters. The van der Waals surface area contributed by atoms with Gasteiger partial charge in [-0.05, 0) is 30.7 Å². The summed E-state index contributed by atoms with van der Waals surface area (Å²) in [5, 5.41) is 0. The average molecular weight is 196 g/mol. The van der Waals surface area contributed by atoms with E-state index in [-0.39, 0.29) is 0 Å². The first-order chi connectivity index (χ1) is 6.06. The third-order valence-electron chi connectivity index (χ3n) is 1.96. The zero-order valence-electron chi connectivity index (χ0n) is 8.59. The molecule has 2 nitrogen and oxygen atoms in total. The van der Waals surface area contributed by atoms with E-state index in [9.17, 15) is 0 Å². The van der Waals surface area contributed by atoms with E-state index in [0.717, 1.165) is 5.69 Å². The highest BCUT2D eigenvalue weighted by Gasteiger charge is 2.10. The number of rotatable bonds is 2. The van der Waals surface area contributed by atoms with Crippen LogP contribution in [-0.2, 0) is 0 Å². The first kappa shape index (κ1) is 10.4. The Balaban J connectivity index is 3.29. The Hall–Kier alpha value is -0.700. The number of anilines is 1. The fourth-order valence-electron chi connectivity index (χ4n) is 1.37. The molecule has 0 aliphatic heterocycles. The molecular formula is C10H16N2S. The van der Waals surface area contributed by atoms with Crippen LogP contribution in [-0.4, -0.2) is 11.2 Å². The van der Waals surface area contributed by atoms with E-state index >= 15 is 0 Å². The number of aromatic nitrogens is 1. The summed E-state index contributed by atoms with van der Waals surface area (Å²) in [6.45, 7) is 6.36. The van der Waals surface area contributed by atoms with Crippen molar-refractivity contribution in [3.8, 4) is 0 Å². The molecule has 13 heavy (non-hydrogen) atoms. The first-order valence-electron chi connectivity index (χ1n) is 4.37. The van der Waals surface area contributed by atoms with E-state index in [1.165, 1.54) is 10.5 Å². The van der Waals surface area contributed by atoms with Crippen LogP contribution in [0.2, 0.25) is 0 Å². The Labute approximate surface area is 83.9 Å². The van der Waals surface area contributed by atoms with Crippen molar-refractivity contribution in [3.05, 3.63) is 17.3 Å². The number of hydrogen-bond donors (Lipinski definition) is 1. The van der Waals surface area contributed by atoms with E-state index in [1.807, 2.05) is 6.07 Å². The molecule has 0 spiro atoms. The molecule has 0 saturated carbocycles. The third-order valence-corrected chi connectivity index (χ3v) is 2.90. The van der Waals surface area contributed by atoms with Gasteiger partial charge in [0.1, 0.15) is 5.82 Å². The van der Waals surface area contributed by atoms with E-state index in [4.69, 9.17) is 5.73 Å².